The Morgan fingerprint density at radius 1 is 1.19 bits per heavy atom. The Bertz CT molecular complexity index is 1140. The van der Waals surface area contributed by atoms with Crippen LogP contribution < -0.4 is 11.1 Å². The summed E-state index contributed by atoms with van der Waals surface area (Å²) in [6, 6.07) is 6.94. The number of thiophene rings is 1. The number of nitrogens with two attached hydrogens (primary N) is 1. The molecule has 0 unspecified atom stereocenters. The van der Waals surface area contributed by atoms with E-state index in [1.165, 1.54) is 17.4 Å². The first-order valence-corrected chi connectivity index (χ1v) is 11.6. The second kappa shape index (κ2) is 8.86. The van der Waals surface area contributed by atoms with Crippen molar-refractivity contribution in [2.75, 3.05) is 11.9 Å². The third-order valence-electron chi connectivity index (χ3n) is 5.04. The monoisotopic (exact) mass is 475 g/mol. The Balaban J connectivity index is 1.50. The Morgan fingerprint density at radius 2 is 1.94 bits per heavy atom. The van der Waals surface area contributed by atoms with Gasteiger partial charge in [0.2, 0.25) is 5.91 Å². The molecule has 2 aromatic rings. The zero-order valence-electron chi connectivity index (χ0n) is 16.3. The van der Waals surface area contributed by atoms with Crippen molar-refractivity contribution >= 4 is 68.7 Å². The number of amides is 4. The number of fused-ring (bicyclic) bond motifs is 1. The van der Waals surface area contributed by atoms with Gasteiger partial charge < -0.3 is 11.1 Å². The summed E-state index contributed by atoms with van der Waals surface area (Å²) in [5, 5.41) is 2.96. The van der Waals surface area contributed by atoms with Crippen molar-refractivity contribution in [3.05, 3.63) is 55.8 Å². The number of nitrogens with one attached hydrogen (secondary N) is 1. The number of anilines is 1. The van der Waals surface area contributed by atoms with E-state index in [1.807, 2.05) is 0 Å². The molecule has 31 heavy (non-hydrogen) atoms. The van der Waals surface area contributed by atoms with Crippen LogP contribution in [0.15, 0.2) is 29.2 Å². The third-order valence-corrected chi connectivity index (χ3v) is 7.50. The number of rotatable bonds is 5. The van der Waals surface area contributed by atoms with E-state index in [0.29, 0.717) is 21.2 Å². The highest BCUT2D eigenvalue weighted by molar-refractivity contribution is 8.18. The fraction of sp³-hybridized carbons (Fsp3) is 0.238. The van der Waals surface area contributed by atoms with E-state index in [-0.39, 0.29) is 4.91 Å². The molecule has 0 bridgehead atoms. The molecule has 3 N–H and O–H groups in total. The van der Waals surface area contributed by atoms with Crippen LogP contribution in [-0.2, 0) is 22.4 Å². The van der Waals surface area contributed by atoms with Crippen LogP contribution in [0.4, 0.5) is 9.80 Å². The van der Waals surface area contributed by atoms with Crippen molar-refractivity contribution < 1.29 is 19.2 Å². The van der Waals surface area contributed by atoms with Gasteiger partial charge in [0, 0.05) is 9.90 Å². The maximum Gasteiger partial charge on any atom is 0.294 e. The van der Waals surface area contributed by atoms with Crippen LogP contribution in [-0.4, -0.2) is 34.4 Å². The largest absolute Gasteiger partial charge is 0.365 e. The molecule has 2 heterocycles. The van der Waals surface area contributed by atoms with Crippen molar-refractivity contribution in [1.29, 1.82) is 0 Å². The van der Waals surface area contributed by atoms with E-state index >= 15 is 0 Å². The van der Waals surface area contributed by atoms with Crippen LogP contribution in [0, 0.1) is 0 Å². The average Bonchev–Trinajstić information content (AvgIpc) is 3.21. The first-order valence-electron chi connectivity index (χ1n) is 9.59. The standard InChI is InChI=1S/C21H18ClN3O4S2/c22-13-7-3-1-5-11(13)9-15-20(28)25(21(29)31-15)10-16(26)24-19-17(18(23)27)12-6-2-4-8-14(12)30-19/h1,3,5,7,9H,2,4,6,8,10H2,(H2,23,27)(H,24,26)/b15-9-. The van der Waals surface area contributed by atoms with Crippen molar-refractivity contribution in [2.45, 2.75) is 25.7 Å². The molecule has 4 amide bonds. The van der Waals surface area contributed by atoms with Gasteiger partial charge in [0.25, 0.3) is 17.1 Å². The number of nitrogens with zero attached hydrogens (tertiary/aromatic N) is 1. The van der Waals surface area contributed by atoms with Crippen molar-refractivity contribution in [2.24, 2.45) is 5.73 Å². The molecule has 1 aliphatic heterocycles. The van der Waals surface area contributed by atoms with E-state index in [1.54, 1.807) is 24.3 Å². The normalized spacial score (nSPS) is 17.2. The van der Waals surface area contributed by atoms with Crippen LogP contribution in [0.1, 0.15) is 39.2 Å². The zero-order chi connectivity index (χ0) is 22.1. The fourth-order valence-corrected chi connectivity index (χ4v) is 5.92. The van der Waals surface area contributed by atoms with Crippen molar-refractivity contribution in [1.82, 2.24) is 4.90 Å². The van der Waals surface area contributed by atoms with Gasteiger partial charge in [-0.3, -0.25) is 24.1 Å². The summed E-state index contributed by atoms with van der Waals surface area (Å²) in [6.07, 6.45) is 5.10. The minimum Gasteiger partial charge on any atom is -0.365 e. The predicted octanol–water partition coefficient (Wildman–Crippen LogP) is 4.05. The summed E-state index contributed by atoms with van der Waals surface area (Å²) in [5.74, 6) is -1.73. The number of halogens is 1. The average molecular weight is 476 g/mol. The molecule has 1 fully saturated rings. The van der Waals surface area contributed by atoms with Gasteiger partial charge in [0.15, 0.2) is 0 Å². The summed E-state index contributed by atoms with van der Waals surface area (Å²) in [4.78, 5) is 51.7. The van der Waals surface area contributed by atoms with Crippen molar-refractivity contribution in [3.8, 4) is 0 Å². The maximum absolute atomic E-state index is 12.7. The molecule has 2 aliphatic rings. The van der Waals surface area contributed by atoms with Gasteiger partial charge in [0.05, 0.1) is 10.5 Å². The smallest absolute Gasteiger partial charge is 0.294 e. The number of imide groups is 1. The number of carbonyl (C=O) groups excluding carboxylic acids is 4. The van der Waals surface area contributed by atoms with Crippen LogP contribution in [0.25, 0.3) is 6.08 Å². The lowest BCUT2D eigenvalue weighted by atomic mass is 9.95. The molecule has 7 nitrogen and oxygen atoms in total. The molecule has 4 rings (SSSR count). The van der Waals surface area contributed by atoms with Gasteiger partial charge in [-0.2, -0.15) is 0 Å². The minimum absolute atomic E-state index is 0.190. The molecular weight excluding hydrogens is 458 g/mol. The maximum atomic E-state index is 12.7. The summed E-state index contributed by atoms with van der Waals surface area (Å²) in [7, 11) is 0. The molecule has 1 aliphatic carbocycles. The molecule has 0 atom stereocenters. The van der Waals surface area contributed by atoms with E-state index in [2.05, 4.69) is 5.32 Å². The Kier molecular flexibility index (Phi) is 6.17. The molecule has 1 aromatic heterocycles. The quantitative estimate of drug-likeness (QED) is 0.634. The number of hydrogen-bond donors (Lipinski definition) is 2. The molecule has 0 spiro atoms. The second-order valence-electron chi connectivity index (χ2n) is 7.12. The van der Waals surface area contributed by atoms with E-state index < -0.39 is 29.5 Å². The summed E-state index contributed by atoms with van der Waals surface area (Å²) in [5.41, 5.74) is 7.38. The van der Waals surface area contributed by atoms with Gasteiger partial charge in [-0.05, 0) is 60.7 Å². The van der Waals surface area contributed by atoms with Crippen LogP contribution in [0.3, 0.4) is 0 Å². The topological polar surface area (TPSA) is 110 Å². The number of benzene rings is 1. The molecular formula is C21H18ClN3O4S2. The first-order chi connectivity index (χ1) is 14.8. The van der Waals surface area contributed by atoms with Crippen LogP contribution in [0.5, 0.6) is 0 Å². The Morgan fingerprint density at radius 3 is 2.68 bits per heavy atom. The highest BCUT2D eigenvalue weighted by atomic mass is 35.5. The highest BCUT2D eigenvalue weighted by Gasteiger charge is 2.37. The Labute approximate surface area is 191 Å². The summed E-state index contributed by atoms with van der Waals surface area (Å²) < 4.78 is 0. The van der Waals surface area contributed by atoms with Gasteiger partial charge in [-0.1, -0.05) is 29.8 Å². The molecule has 1 aromatic carbocycles. The third kappa shape index (κ3) is 4.39. The Hall–Kier alpha value is -2.62. The first kappa shape index (κ1) is 21.6. The molecule has 10 heteroatoms. The SMILES string of the molecule is NC(=O)c1c(NC(=O)CN2C(=O)S/C(=C\c3ccccc3Cl)C2=O)sc2c1CCCC2. The van der Waals surface area contributed by atoms with E-state index in [0.717, 1.165) is 52.8 Å². The lowest BCUT2D eigenvalue weighted by molar-refractivity contribution is -0.127. The lowest BCUT2D eigenvalue weighted by Gasteiger charge is -2.13. The number of thioether (sulfide) groups is 1. The van der Waals surface area contributed by atoms with Crippen LogP contribution in [0.2, 0.25) is 5.02 Å². The number of aryl methyl sites for hydroxylation is 1. The predicted molar refractivity (Wildman–Crippen MR) is 122 cm³/mol. The summed E-state index contributed by atoms with van der Waals surface area (Å²) in [6.45, 7) is -0.453. The fourth-order valence-electron chi connectivity index (χ4n) is 3.59. The molecule has 0 saturated carbocycles. The number of primary amides is 1. The highest BCUT2D eigenvalue weighted by Crippen LogP contribution is 2.38. The lowest BCUT2D eigenvalue weighted by Crippen LogP contribution is -2.36. The van der Waals surface area contributed by atoms with Crippen LogP contribution >= 0.6 is 34.7 Å². The van der Waals surface area contributed by atoms with Gasteiger partial charge >= 0.3 is 0 Å². The van der Waals surface area contributed by atoms with Gasteiger partial charge in [-0.25, -0.2) is 0 Å². The van der Waals surface area contributed by atoms with E-state index in [4.69, 9.17) is 17.3 Å². The minimum atomic E-state index is -0.594. The zero-order valence-corrected chi connectivity index (χ0v) is 18.7. The van der Waals surface area contributed by atoms with Crippen molar-refractivity contribution in [3.63, 3.8) is 0 Å². The number of hydrogen-bond acceptors (Lipinski definition) is 6. The molecule has 1 saturated heterocycles. The second-order valence-corrected chi connectivity index (χ2v) is 9.62. The molecule has 0 radical (unpaired) electrons. The van der Waals surface area contributed by atoms with Gasteiger partial charge in [0.1, 0.15) is 11.5 Å². The molecule has 160 valence electrons. The number of carbonyl (C=O) groups is 4. The van der Waals surface area contributed by atoms with E-state index in [9.17, 15) is 19.2 Å². The summed E-state index contributed by atoms with van der Waals surface area (Å²) >= 11 is 8.20. The van der Waals surface area contributed by atoms with Gasteiger partial charge in [-0.15, -0.1) is 11.3 Å².